The van der Waals surface area contributed by atoms with Gasteiger partial charge in [-0.3, -0.25) is 9.78 Å². The molecular weight excluding hydrogens is 300 g/mol. The van der Waals surface area contributed by atoms with Gasteiger partial charge in [-0.1, -0.05) is 24.3 Å². The topological polar surface area (TPSA) is 52.1 Å². The van der Waals surface area contributed by atoms with Gasteiger partial charge in [0, 0.05) is 35.3 Å². The summed E-state index contributed by atoms with van der Waals surface area (Å²) in [5, 5.41) is 0. The number of rotatable bonds is 7. The number of hydrogen-bond acceptors (Lipinski definition) is 4. The summed E-state index contributed by atoms with van der Waals surface area (Å²) < 4.78 is 5.67. The van der Waals surface area contributed by atoms with E-state index in [1.807, 2.05) is 48.5 Å². The number of ether oxygens (including phenoxy) is 1. The number of aryl methyl sites for hydroxylation is 1. The van der Waals surface area contributed by atoms with Crippen molar-refractivity contribution in [3.05, 3.63) is 78.2 Å². The molecule has 4 heteroatoms. The van der Waals surface area contributed by atoms with E-state index in [1.165, 1.54) is 0 Å². The van der Waals surface area contributed by atoms with E-state index in [-0.39, 0.29) is 0 Å². The van der Waals surface area contributed by atoms with Crippen molar-refractivity contribution in [3.8, 4) is 17.0 Å². The molecule has 2 heterocycles. The van der Waals surface area contributed by atoms with Crippen LogP contribution in [0.1, 0.15) is 22.5 Å². The molecule has 1 aromatic carbocycles. The Morgan fingerprint density at radius 2 is 1.92 bits per heavy atom. The number of benzene rings is 1. The highest BCUT2D eigenvalue weighted by atomic mass is 16.5. The van der Waals surface area contributed by atoms with Crippen LogP contribution in [-0.4, -0.2) is 22.9 Å². The van der Waals surface area contributed by atoms with E-state index in [4.69, 9.17) is 4.74 Å². The quantitative estimate of drug-likeness (QED) is 0.488. The van der Waals surface area contributed by atoms with Gasteiger partial charge in [0.2, 0.25) is 5.88 Å². The number of pyridine rings is 2. The van der Waals surface area contributed by atoms with Crippen LogP contribution < -0.4 is 4.74 Å². The predicted octanol–water partition coefficient (Wildman–Crippen LogP) is 3.97. The second kappa shape index (κ2) is 8.02. The summed E-state index contributed by atoms with van der Waals surface area (Å²) in [5.74, 6) is 0.603. The number of aldehydes is 1. The average Bonchev–Trinajstić information content (AvgIpc) is 2.66. The highest BCUT2D eigenvalue weighted by molar-refractivity contribution is 5.78. The van der Waals surface area contributed by atoms with Crippen molar-refractivity contribution in [3.63, 3.8) is 0 Å². The minimum atomic E-state index is 0.601. The normalized spacial score (nSPS) is 10.3. The molecule has 120 valence electrons. The van der Waals surface area contributed by atoms with Gasteiger partial charge in [0.05, 0.1) is 6.61 Å². The fourth-order valence-electron chi connectivity index (χ4n) is 2.40. The van der Waals surface area contributed by atoms with Crippen molar-refractivity contribution >= 4 is 6.29 Å². The number of hydrogen-bond donors (Lipinski definition) is 0. The van der Waals surface area contributed by atoms with Crippen LogP contribution in [0.4, 0.5) is 0 Å². The van der Waals surface area contributed by atoms with Crippen molar-refractivity contribution in [1.29, 1.82) is 0 Å². The van der Waals surface area contributed by atoms with Crippen LogP contribution >= 0.6 is 0 Å². The van der Waals surface area contributed by atoms with Crippen LogP contribution in [0.15, 0.2) is 67.0 Å². The molecule has 0 saturated carbocycles. The lowest BCUT2D eigenvalue weighted by Crippen LogP contribution is -2.01. The largest absolute Gasteiger partial charge is 0.478 e. The zero-order valence-electron chi connectivity index (χ0n) is 13.3. The summed E-state index contributed by atoms with van der Waals surface area (Å²) in [6, 6.07) is 17.2. The summed E-state index contributed by atoms with van der Waals surface area (Å²) in [6.07, 6.45) is 6.18. The molecule has 0 fully saturated rings. The van der Waals surface area contributed by atoms with Crippen LogP contribution in [0.2, 0.25) is 0 Å². The first-order valence-corrected chi connectivity index (χ1v) is 7.89. The lowest BCUT2D eigenvalue weighted by Gasteiger charge is -2.07. The Labute approximate surface area is 141 Å². The van der Waals surface area contributed by atoms with Crippen molar-refractivity contribution in [2.45, 2.75) is 12.8 Å². The molecule has 0 aliphatic carbocycles. The highest BCUT2D eigenvalue weighted by Crippen LogP contribution is 2.21. The molecule has 0 saturated heterocycles. The van der Waals surface area contributed by atoms with Gasteiger partial charge in [-0.25, -0.2) is 4.98 Å². The van der Waals surface area contributed by atoms with Crippen LogP contribution in [-0.2, 0) is 6.42 Å². The van der Waals surface area contributed by atoms with Crippen molar-refractivity contribution in [1.82, 2.24) is 9.97 Å². The number of carbonyl (C=O) groups is 1. The maximum Gasteiger partial charge on any atom is 0.213 e. The Morgan fingerprint density at radius 1 is 0.958 bits per heavy atom. The summed E-state index contributed by atoms with van der Waals surface area (Å²) in [6.45, 7) is 0.601. The van der Waals surface area contributed by atoms with Gasteiger partial charge in [-0.15, -0.1) is 0 Å². The van der Waals surface area contributed by atoms with Crippen molar-refractivity contribution < 1.29 is 9.53 Å². The van der Waals surface area contributed by atoms with E-state index in [0.717, 1.165) is 35.9 Å². The number of carbonyl (C=O) groups excluding carboxylic acids is 1. The summed E-state index contributed by atoms with van der Waals surface area (Å²) in [7, 11) is 0. The molecule has 2 aromatic heterocycles. The SMILES string of the molecule is O=Cc1cccc(-c2ccc(OCCCc3ccccn3)nc2)c1. The first-order chi connectivity index (χ1) is 11.8. The Morgan fingerprint density at radius 3 is 2.67 bits per heavy atom. The molecule has 0 radical (unpaired) electrons. The molecule has 0 aliphatic rings. The molecule has 0 atom stereocenters. The van der Waals surface area contributed by atoms with Crippen LogP contribution in [0.3, 0.4) is 0 Å². The van der Waals surface area contributed by atoms with Gasteiger partial charge >= 0.3 is 0 Å². The van der Waals surface area contributed by atoms with E-state index in [9.17, 15) is 4.79 Å². The monoisotopic (exact) mass is 318 g/mol. The first-order valence-electron chi connectivity index (χ1n) is 7.89. The van der Waals surface area contributed by atoms with E-state index in [2.05, 4.69) is 9.97 Å². The Bertz CT molecular complexity index is 786. The van der Waals surface area contributed by atoms with Crippen molar-refractivity contribution in [2.75, 3.05) is 6.61 Å². The minimum Gasteiger partial charge on any atom is -0.478 e. The molecule has 0 bridgehead atoms. The number of nitrogens with zero attached hydrogens (tertiary/aromatic N) is 2. The molecule has 3 rings (SSSR count). The van der Waals surface area contributed by atoms with Gasteiger partial charge in [0.15, 0.2) is 0 Å². The molecule has 3 aromatic rings. The second-order valence-corrected chi connectivity index (χ2v) is 5.40. The zero-order chi connectivity index (χ0) is 16.6. The summed E-state index contributed by atoms with van der Waals surface area (Å²) in [4.78, 5) is 19.5. The van der Waals surface area contributed by atoms with E-state index >= 15 is 0 Å². The molecule has 0 unspecified atom stereocenters. The van der Waals surface area contributed by atoms with Gasteiger partial charge in [0.1, 0.15) is 6.29 Å². The van der Waals surface area contributed by atoms with E-state index in [0.29, 0.717) is 18.1 Å². The molecule has 24 heavy (non-hydrogen) atoms. The maximum absolute atomic E-state index is 10.9. The minimum absolute atomic E-state index is 0.601. The van der Waals surface area contributed by atoms with Gasteiger partial charge in [-0.2, -0.15) is 0 Å². The molecule has 4 nitrogen and oxygen atoms in total. The highest BCUT2D eigenvalue weighted by Gasteiger charge is 2.02. The summed E-state index contributed by atoms with van der Waals surface area (Å²) >= 11 is 0. The lowest BCUT2D eigenvalue weighted by atomic mass is 10.1. The van der Waals surface area contributed by atoms with Crippen LogP contribution in [0.25, 0.3) is 11.1 Å². The average molecular weight is 318 g/mol. The third-order valence-electron chi connectivity index (χ3n) is 3.65. The molecule has 0 N–H and O–H groups in total. The molecular formula is C20H18N2O2. The van der Waals surface area contributed by atoms with Gasteiger partial charge in [-0.05, 0) is 42.7 Å². The van der Waals surface area contributed by atoms with Gasteiger partial charge < -0.3 is 4.74 Å². The van der Waals surface area contributed by atoms with Crippen molar-refractivity contribution in [2.24, 2.45) is 0 Å². The second-order valence-electron chi connectivity index (χ2n) is 5.40. The maximum atomic E-state index is 10.9. The number of aromatic nitrogens is 2. The smallest absolute Gasteiger partial charge is 0.213 e. The Hall–Kier alpha value is -3.01. The standard InChI is InChI=1S/C20H18N2O2/c23-15-16-5-3-6-17(13-16)18-9-10-20(22-14-18)24-12-4-8-19-7-1-2-11-21-19/h1-3,5-7,9-11,13-15H,4,8,12H2. The Balaban J connectivity index is 1.53. The van der Waals surface area contributed by atoms with E-state index in [1.54, 1.807) is 18.5 Å². The van der Waals surface area contributed by atoms with Gasteiger partial charge in [0.25, 0.3) is 0 Å². The van der Waals surface area contributed by atoms with Crippen LogP contribution in [0.5, 0.6) is 5.88 Å². The fraction of sp³-hybridized carbons (Fsp3) is 0.150. The fourth-order valence-corrected chi connectivity index (χ4v) is 2.40. The zero-order valence-corrected chi connectivity index (χ0v) is 13.3. The Kier molecular flexibility index (Phi) is 5.30. The molecule has 0 spiro atoms. The first kappa shape index (κ1) is 15.9. The third-order valence-corrected chi connectivity index (χ3v) is 3.65. The predicted molar refractivity (Wildman–Crippen MR) is 93.1 cm³/mol. The molecule has 0 aliphatic heterocycles. The molecule has 0 amide bonds. The van der Waals surface area contributed by atoms with Crippen LogP contribution in [0, 0.1) is 0 Å². The van der Waals surface area contributed by atoms with E-state index < -0.39 is 0 Å². The third kappa shape index (κ3) is 4.26. The summed E-state index contributed by atoms with van der Waals surface area (Å²) in [5.41, 5.74) is 3.65. The lowest BCUT2D eigenvalue weighted by molar-refractivity contribution is 0.112.